The molecule has 0 aromatic carbocycles. The summed E-state index contributed by atoms with van der Waals surface area (Å²) in [4.78, 5) is 0. The van der Waals surface area contributed by atoms with Crippen LogP contribution >= 0.6 is 0 Å². The van der Waals surface area contributed by atoms with Gasteiger partial charge in [0.15, 0.2) is 0 Å². The Kier molecular flexibility index (Phi) is 11.4. The highest BCUT2D eigenvalue weighted by atomic mass is 16.3. The molecule has 3 heteroatoms. The smallest absolute Gasteiger partial charge is 0.0721 e. The summed E-state index contributed by atoms with van der Waals surface area (Å²) in [5, 5.41) is 24.2. The summed E-state index contributed by atoms with van der Waals surface area (Å²) >= 11 is 0. The van der Waals surface area contributed by atoms with Gasteiger partial charge in [-0.05, 0) is 76.3 Å². The van der Waals surface area contributed by atoms with Gasteiger partial charge in [0.2, 0.25) is 0 Å². The normalized spacial score (nSPS) is 29.8. The first-order chi connectivity index (χ1) is 13.7. The minimum atomic E-state index is -0.347. The minimum Gasteiger partial charge on any atom is -0.392 e. The van der Waals surface area contributed by atoms with Crippen LogP contribution in [-0.2, 0) is 0 Å². The van der Waals surface area contributed by atoms with Crippen molar-refractivity contribution in [3.63, 3.8) is 0 Å². The lowest BCUT2D eigenvalue weighted by molar-refractivity contribution is 0.139. The van der Waals surface area contributed by atoms with Crippen molar-refractivity contribution in [2.75, 3.05) is 13.1 Å². The van der Waals surface area contributed by atoms with E-state index in [9.17, 15) is 10.2 Å². The van der Waals surface area contributed by atoms with Gasteiger partial charge in [-0.1, -0.05) is 63.3 Å². The van der Waals surface area contributed by atoms with Gasteiger partial charge in [0, 0.05) is 5.92 Å². The molecule has 0 aliphatic heterocycles. The van der Waals surface area contributed by atoms with Crippen molar-refractivity contribution in [3.8, 4) is 0 Å². The number of hydrogen-bond donors (Lipinski definition) is 3. The Bertz CT molecular complexity index is 473. The van der Waals surface area contributed by atoms with Crippen LogP contribution in [0.25, 0.3) is 0 Å². The highest BCUT2D eigenvalue weighted by Gasteiger charge is 2.44. The predicted octanol–water partition coefficient (Wildman–Crippen LogP) is 5.38. The molecule has 0 unspecified atom stereocenters. The fraction of sp³-hybridized carbons (Fsp3) is 0.840. The third-order valence-corrected chi connectivity index (χ3v) is 6.72. The van der Waals surface area contributed by atoms with Crippen LogP contribution in [0.5, 0.6) is 0 Å². The quantitative estimate of drug-likeness (QED) is 0.275. The first-order valence-corrected chi connectivity index (χ1v) is 12.1. The maximum Gasteiger partial charge on any atom is 0.0721 e. The monoisotopic (exact) mass is 391 g/mol. The summed E-state index contributed by atoms with van der Waals surface area (Å²) in [6.07, 6.45) is 19.9. The molecule has 0 radical (unpaired) electrons. The van der Waals surface area contributed by atoms with Gasteiger partial charge in [0.25, 0.3) is 0 Å². The van der Waals surface area contributed by atoms with E-state index in [1.807, 2.05) is 6.08 Å². The SMILES string of the molecule is CCCCC[C@H](O)C=C[C@@H]1[C@H]2CC(=CCCCCNCCCC)C[C@H]2C[C@H]1O. The molecule has 5 atom stereocenters. The Labute approximate surface area is 173 Å². The van der Waals surface area contributed by atoms with Gasteiger partial charge in [0.05, 0.1) is 12.2 Å². The molecule has 0 amide bonds. The second-order valence-corrected chi connectivity index (χ2v) is 9.12. The van der Waals surface area contributed by atoms with E-state index in [1.165, 1.54) is 51.4 Å². The van der Waals surface area contributed by atoms with E-state index >= 15 is 0 Å². The molecule has 0 saturated heterocycles. The molecular weight excluding hydrogens is 346 g/mol. The summed E-state index contributed by atoms with van der Waals surface area (Å²) in [7, 11) is 0. The predicted molar refractivity (Wildman–Crippen MR) is 119 cm³/mol. The summed E-state index contributed by atoms with van der Waals surface area (Å²) in [6, 6.07) is 0. The third kappa shape index (κ3) is 8.00. The Balaban J connectivity index is 1.70. The van der Waals surface area contributed by atoms with Crippen LogP contribution in [0.3, 0.4) is 0 Å². The van der Waals surface area contributed by atoms with Gasteiger partial charge >= 0.3 is 0 Å². The van der Waals surface area contributed by atoms with Gasteiger partial charge in [-0.25, -0.2) is 0 Å². The van der Waals surface area contributed by atoms with Gasteiger partial charge in [0.1, 0.15) is 0 Å². The molecule has 2 saturated carbocycles. The van der Waals surface area contributed by atoms with Gasteiger partial charge in [-0.15, -0.1) is 0 Å². The number of nitrogens with one attached hydrogen (secondary N) is 1. The number of allylic oxidation sites excluding steroid dienone is 2. The lowest BCUT2D eigenvalue weighted by atomic mass is 9.90. The van der Waals surface area contributed by atoms with Crippen LogP contribution in [0.15, 0.2) is 23.8 Å². The van der Waals surface area contributed by atoms with Crippen molar-refractivity contribution in [2.24, 2.45) is 17.8 Å². The first kappa shape index (κ1) is 23.6. The fourth-order valence-corrected chi connectivity index (χ4v) is 5.02. The molecule has 28 heavy (non-hydrogen) atoms. The summed E-state index contributed by atoms with van der Waals surface area (Å²) in [5.74, 6) is 1.46. The molecule has 0 aromatic heterocycles. The van der Waals surface area contributed by atoms with Crippen molar-refractivity contribution in [1.82, 2.24) is 5.32 Å². The van der Waals surface area contributed by atoms with E-state index in [-0.39, 0.29) is 18.1 Å². The van der Waals surface area contributed by atoms with Crippen molar-refractivity contribution >= 4 is 0 Å². The van der Waals surface area contributed by atoms with Crippen LogP contribution in [-0.4, -0.2) is 35.5 Å². The summed E-state index contributed by atoms with van der Waals surface area (Å²) < 4.78 is 0. The van der Waals surface area contributed by atoms with E-state index < -0.39 is 0 Å². The molecule has 3 nitrogen and oxygen atoms in total. The van der Waals surface area contributed by atoms with Crippen LogP contribution < -0.4 is 5.32 Å². The van der Waals surface area contributed by atoms with Gasteiger partial charge in [-0.3, -0.25) is 0 Å². The molecule has 0 aromatic rings. The molecule has 0 heterocycles. The lowest BCUT2D eigenvalue weighted by Crippen LogP contribution is -2.17. The number of hydrogen-bond acceptors (Lipinski definition) is 3. The highest BCUT2D eigenvalue weighted by molar-refractivity contribution is 5.17. The fourth-order valence-electron chi connectivity index (χ4n) is 5.02. The topological polar surface area (TPSA) is 52.5 Å². The van der Waals surface area contributed by atoms with E-state index in [2.05, 4.69) is 31.3 Å². The van der Waals surface area contributed by atoms with E-state index in [0.717, 1.165) is 38.8 Å². The zero-order chi connectivity index (χ0) is 20.2. The van der Waals surface area contributed by atoms with Crippen molar-refractivity contribution in [3.05, 3.63) is 23.8 Å². The number of aliphatic hydroxyl groups is 2. The Morgan fingerprint density at radius 3 is 2.61 bits per heavy atom. The van der Waals surface area contributed by atoms with E-state index in [1.54, 1.807) is 5.57 Å². The Hall–Kier alpha value is -0.640. The van der Waals surface area contributed by atoms with E-state index in [4.69, 9.17) is 0 Å². The molecule has 0 bridgehead atoms. The second kappa shape index (κ2) is 13.6. The second-order valence-electron chi connectivity index (χ2n) is 9.12. The summed E-state index contributed by atoms with van der Waals surface area (Å²) in [6.45, 7) is 6.73. The molecular formula is C25H45NO2. The lowest BCUT2D eigenvalue weighted by Gasteiger charge is -2.17. The Morgan fingerprint density at radius 1 is 1.04 bits per heavy atom. The molecule has 2 rings (SSSR count). The number of fused-ring (bicyclic) bond motifs is 1. The molecule has 2 aliphatic carbocycles. The zero-order valence-corrected chi connectivity index (χ0v) is 18.4. The maximum atomic E-state index is 10.5. The van der Waals surface area contributed by atoms with Gasteiger partial charge < -0.3 is 15.5 Å². The number of rotatable bonds is 14. The molecule has 162 valence electrons. The first-order valence-electron chi connectivity index (χ1n) is 12.1. The van der Waals surface area contributed by atoms with Crippen LogP contribution in [0.2, 0.25) is 0 Å². The average molecular weight is 392 g/mol. The standard InChI is InChI=1S/C25H45NO2/c1-3-5-8-12-22(27)13-14-23-24-18-20(17-21(24)19-25(23)28)11-9-7-10-16-26-15-6-4-2/h11,13-14,21-28H,3-10,12,15-19H2,1-2H3/t21-,22-,23+,24-,25+/m0/s1. The van der Waals surface area contributed by atoms with Crippen molar-refractivity contribution < 1.29 is 10.2 Å². The van der Waals surface area contributed by atoms with Crippen molar-refractivity contribution in [1.29, 1.82) is 0 Å². The zero-order valence-electron chi connectivity index (χ0n) is 18.4. The number of unbranched alkanes of at least 4 members (excludes halogenated alkanes) is 5. The molecule has 2 aliphatic rings. The molecule has 3 N–H and O–H groups in total. The molecule has 2 fully saturated rings. The third-order valence-electron chi connectivity index (χ3n) is 6.72. The van der Waals surface area contributed by atoms with Crippen LogP contribution in [0, 0.1) is 17.8 Å². The van der Waals surface area contributed by atoms with E-state index in [0.29, 0.717) is 11.8 Å². The Morgan fingerprint density at radius 2 is 1.82 bits per heavy atom. The van der Waals surface area contributed by atoms with Crippen LogP contribution in [0.4, 0.5) is 0 Å². The summed E-state index contributed by atoms with van der Waals surface area (Å²) in [5.41, 5.74) is 1.61. The van der Waals surface area contributed by atoms with Gasteiger partial charge in [-0.2, -0.15) is 0 Å². The molecule has 0 spiro atoms. The number of aliphatic hydroxyl groups excluding tert-OH is 2. The highest BCUT2D eigenvalue weighted by Crippen LogP contribution is 2.50. The minimum absolute atomic E-state index is 0.218. The van der Waals surface area contributed by atoms with Crippen molar-refractivity contribution in [2.45, 2.75) is 103 Å². The average Bonchev–Trinajstić information content (AvgIpc) is 3.19. The largest absolute Gasteiger partial charge is 0.392 e. The van der Waals surface area contributed by atoms with Crippen LogP contribution in [0.1, 0.15) is 90.9 Å². The maximum absolute atomic E-state index is 10.5.